The summed E-state index contributed by atoms with van der Waals surface area (Å²) in [5.74, 6) is -0.0739. The van der Waals surface area contributed by atoms with Crippen molar-refractivity contribution in [3.05, 3.63) is 12.7 Å². The third kappa shape index (κ3) is 3.01. The van der Waals surface area contributed by atoms with Gasteiger partial charge in [-0.05, 0) is 6.92 Å². The topological polar surface area (TPSA) is 66.8 Å². The molecule has 0 radical (unpaired) electrons. The van der Waals surface area contributed by atoms with Gasteiger partial charge in [-0.3, -0.25) is 0 Å². The maximum absolute atomic E-state index is 11.8. The number of sulfonamides is 1. The van der Waals surface area contributed by atoms with E-state index in [1.54, 1.807) is 6.92 Å². The molecule has 1 saturated heterocycles. The molecular weight excluding hydrogens is 218 g/mol. The van der Waals surface area contributed by atoms with Crippen molar-refractivity contribution in [1.82, 2.24) is 4.31 Å². The first-order valence-corrected chi connectivity index (χ1v) is 6.45. The highest BCUT2D eigenvalue weighted by Crippen LogP contribution is 2.16. The van der Waals surface area contributed by atoms with E-state index in [0.29, 0.717) is 6.61 Å². The van der Waals surface area contributed by atoms with E-state index in [1.807, 2.05) is 0 Å². The molecule has 0 aliphatic carbocycles. The lowest BCUT2D eigenvalue weighted by Gasteiger charge is -2.36. The molecule has 2 atom stereocenters. The third-order valence-electron chi connectivity index (χ3n) is 2.34. The predicted molar refractivity (Wildman–Crippen MR) is 57.0 cm³/mol. The molecule has 1 aliphatic rings. The maximum Gasteiger partial charge on any atom is 0.218 e. The molecular formula is C9H17NO4S. The Labute approximate surface area is 90.4 Å². The zero-order valence-corrected chi connectivity index (χ0v) is 9.61. The molecule has 1 rings (SSSR count). The van der Waals surface area contributed by atoms with Gasteiger partial charge in [0.25, 0.3) is 0 Å². The van der Waals surface area contributed by atoms with Crippen molar-refractivity contribution in [3.63, 3.8) is 0 Å². The highest BCUT2D eigenvalue weighted by Gasteiger charge is 2.33. The lowest BCUT2D eigenvalue weighted by atomic mass is 10.2. The molecule has 88 valence electrons. The minimum Gasteiger partial charge on any atom is -0.394 e. The minimum atomic E-state index is -3.30. The Bertz CT molecular complexity index is 314. The molecule has 0 aromatic carbocycles. The molecule has 6 heteroatoms. The zero-order valence-electron chi connectivity index (χ0n) is 8.80. The molecule has 1 N–H and O–H groups in total. The Balaban J connectivity index is 2.77. The molecule has 0 spiro atoms. The first-order chi connectivity index (χ1) is 7.01. The smallest absolute Gasteiger partial charge is 0.218 e. The average Bonchev–Trinajstić information content (AvgIpc) is 2.18. The van der Waals surface area contributed by atoms with Crippen molar-refractivity contribution in [1.29, 1.82) is 0 Å². The number of ether oxygens (including phenoxy) is 1. The van der Waals surface area contributed by atoms with Crippen LogP contribution < -0.4 is 0 Å². The summed E-state index contributed by atoms with van der Waals surface area (Å²) in [5.41, 5.74) is 0. The van der Waals surface area contributed by atoms with Crippen LogP contribution in [-0.4, -0.2) is 55.5 Å². The standard InChI is InChI=1S/C9H17NO4S/c1-3-4-15(12,13)10-5-9(6-11)14-7-8(10)2/h3,8-9,11H,1,4-7H2,2H3. The van der Waals surface area contributed by atoms with E-state index in [2.05, 4.69) is 6.58 Å². The third-order valence-corrected chi connectivity index (χ3v) is 4.22. The van der Waals surface area contributed by atoms with Crippen molar-refractivity contribution in [2.24, 2.45) is 0 Å². The number of hydrogen-bond donors (Lipinski definition) is 1. The van der Waals surface area contributed by atoms with E-state index in [0.717, 1.165) is 0 Å². The summed E-state index contributed by atoms with van der Waals surface area (Å²) < 4.78 is 30.2. The lowest BCUT2D eigenvalue weighted by molar-refractivity contribution is -0.0515. The van der Waals surface area contributed by atoms with E-state index in [4.69, 9.17) is 9.84 Å². The second kappa shape index (κ2) is 5.07. The molecule has 1 fully saturated rings. The van der Waals surface area contributed by atoms with Gasteiger partial charge >= 0.3 is 0 Å². The number of aliphatic hydroxyl groups is 1. The minimum absolute atomic E-state index is 0.0739. The fourth-order valence-electron chi connectivity index (χ4n) is 1.53. The number of hydrogen-bond acceptors (Lipinski definition) is 4. The molecule has 15 heavy (non-hydrogen) atoms. The highest BCUT2D eigenvalue weighted by atomic mass is 32.2. The second-order valence-corrected chi connectivity index (χ2v) is 5.59. The van der Waals surface area contributed by atoms with Crippen LogP contribution in [0.1, 0.15) is 6.92 Å². The van der Waals surface area contributed by atoms with Crippen LogP contribution in [0.4, 0.5) is 0 Å². The van der Waals surface area contributed by atoms with Crippen molar-refractivity contribution < 1.29 is 18.3 Å². The Morgan fingerprint density at radius 3 is 2.87 bits per heavy atom. The molecule has 2 unspecified atom stereocenters. The summed E-state index contributed by atoms with van der Waals surface area (Å²) >= 11 is 0. The summed E-state index contributed by atoms with van der Waals surface area (Å²) in [7, 11) is -3.30. The molecule has 0 aromatic heterocycles. The van der Waals surface area contributed by atoms with E-state index >= 15 is 0 Å². The first kappa shape index (κ1) is 12.6. The van der Waals surface area contributed by atoms with Gasteiger partial charge < -0.3 is 9.84 Å². The summed E-state index contributed by atoms with van der Waals surface area (Å²) in [4.78, 5) is 0. The molecule has 0 saturated carbocycles. The Kier molecular flexibility index (Phi) is 4.27. The molecule has 0 bridgehead atoms. The van der Waals surface area contributed by atoms with Crippen molar-refractivity contribution >= 4 is 10.0 Å². The van der Waals surface area contributed by atoms with Crippen LogP contribution >= 0.6 is 0 Å². The maximum atomic E-state index is 11.8. The van der Waals surface area contributed by atoms with Gasteiger partial charge in [-0.15, -0.1) is 6.58 Å². The Morgan fingerprint density at radius 1 is 1.67 bits per heavy atom. The van der Waals surface area contributed by atoms with E-state index in [1.165, 1.54) is 10.4 Å². The largest absolute Gasteiger partial charge is 0.394 e. The van der Waals surface area contributed by atoms with Crippen LogP contribution in [0.15, 0.2) is 12.7 Å². The molecule has 1 heterocycles. The number of aliphatic hydroxyl groups excluding tert-OH is 1. The molecule has 1 aliphatic heterocycles. The van der Waals surface area contributed by atoms with Crippen molar-refractivity contribution in [2.45, 2.75) is 19.1 Å². The molecule has 5 nitrogen and oxygen atoms in total. The number of nitrogens with zero attached hydrogens (tertiary/aromatic N) is 1. The van der Waals surface area contributed by atoms with Crippen LogP contribution in [0.25, 0.3) is 0 Å². The highest BCUT2D eigenvalue weighted by molar-refractivity contribution is 7.89. The number of rotatable bonds is 4. The van der Waals surface area contributed by atoms with Gasteiger partial charge in [-0.2, -0.15) is 4.31 Å². The van der Waals surface area contributed by atoms with Crippen LogP contribution in [-0.2, 0) is 14.8 Å². The predicted octanol–water partition coefficient (Wildman–Crippen LogP) is -0.416. The Hall–Kier alpha value is -0.430. The van der Waals surface area contributed by atoms with Gasteiger partial charge in [0.15, 0.2) is 0 Å². The lowest BCUT2D eigenvalue weighted by Crippen LogP contribution is -2.52. The summed E-state index contributed by atoms with van der Waals surface area (Å²) in [6, 6.07) is -0.183. The molecule has 0 amide bonds. The van der Waals surface area contributed by atoms with Gasteiger partial charge in [0, 0.05) is 12.6 Å². The van der Waals surface area contributed by atoms with Crippen molar-refractivity contribution in [2.75, 3.05) is 25.5 Å². The zero-order chi connectivity index (χ0) is 11.5. The fraction of sp³-hybridized carbons (Fsp3) is 0.778. The quantitative estimate of drug-likeness (QED) is 0.672. The van der Waals surface area contributed by atoms with Crippen LogP contribution in [0.5, 0.6) is 0 Å². The van der Waals surface area contributed by atoms with Crippen molar-refractivity contribution in [3.8, 4) is 0 Å². The van der Waals surface area contributed by atoms with E-state index in [-0.39, 0.29) is 24.9 Å². The van der Waals surface area contributed by atoms with Gasteiger partial charge in [0.2, 0.25) is 10.0 Å². The second-order valence-electron chi connectivity index (χ2n) is 3.62. The van der Waals surface area contributed by atoms with Crippen LogP contribution in [0.2, 0.25) is 0 Å². The summed E-state index contributed by atoms with van der Waals surface area (Å²) in [6.45, 7) is 5.58. The monoisotopic (exact) mass is 235 g/mol. The summed E-state index contributed by atoms with van der Waals surface area (Å²) in [5, 5.41) is 8.92. The van der Waals surface area contributed by atoms with Gasteiger partial charge in [-0.1, -0.05) is 6.08 Å². The van der Waals surface area contributed by atoms with Gasteiger partial charge in [0.1, 0.15) is 0 Å². The fourth-order valence-corrected chi connectivity index (χ4v) is 3.03. The Morgan fingerprint density at radius 2 is 2.33 bits per heavy atom. The van der Waals surface area contributed by atoms with E-state index < -0.39 is 16.1 Å². The average molecular weight is 235 g/mol. The van der Waals surface area contributed by atoms with Gasteiger partial charge in [0.05, 0.1) is 25.1 Å². The van der Waals surface area contributed by atoms with Crippen LogP contribution in [0, 0.1) is 0 Å². The van der Waals surface area contributed by atoms with Gasteiger partial charge in [-0.25, -0.2) is 8.42 Å². The van der Waals surface area contributed by atoms with E-state index in [9.17, 15) is 8.42 Å². The first-order valence-electron chi connectivity index (χ1n) is 4.84. The molecule has 0 aromatic rings. The van der Waals surface area contributed by atoms with Crippen LogP contribution in [0.3, 0.4) is 0 Å². The number of morpholine rings is 1. The summed E-state index contributed by atoms with van der Waals surface area (Å²) in [6.07, 6.45) is 0.951. The normalized spacial score (nSPS) is 28.9. The SMILES string of the molecule is C=CCS(=O)(=O)N1CC(CO)OCC1C.